The molecule has 0 spiro atoms. The van der Waals surface area contributed by atoms with Gasteiger partial charge in [-0.15, -0.1) is 9.42 Å². The minimum atomic E-state index is -4.35. The molecule has 2 fully saturated rings. The lowest BCUT2D eigenvalue weighted by Crippen LogP contribution is -2.41. The van der Waals surface area contributed by atoms with Gasteiger partial charge in [-0.25, -0.2) is 24.9 Å². The molecule has 5 N–H and O–H groups in total. The predicted octanol–water partition coefficient (Wildman–Crippen LogP) is -0.880. The summed E-state index contributed by atoms with van der Waals surface area (Å²) >= 11 is 0. The molecule has 0 radical (unpaired) electrons. The van der Waals surface area contributed by atoms with Crippen LogP contribution in [0.3, 0.4) is 0 Å². The summed E-state index contributed by atoms with van der Waals surface area (Å²) in [7, 11) is -7.30. The average molecular weight is 626 g/mol. The first-order valence-corrected chi connectivity index (χ1v) is 15.3. The molecule has 0 saturated carbocycles. The molecule has 0 amide bonds. The van der Waals surface area contributed by atoms with E-state index in [2.05, 4.69) is 34.6 Å². The molecule has 6 heterocycles. The van der Waals surface area contributed by atoms with Crippen molar-refractivity contribution in [2.45, 2.75) is 43.9 Å². The molecule has 4 aromatic rings. The monoisotopic (exact) mass is 625 g/mol. The Hall–Kier alpha value is -3.49. The normalized spacial score (nSPS) is 25.1. The van der Waals surface area contributed by atoms with Gasteiger partial charge in [0.1, 0.15) is 36.9 Å². The fourth-order valence-electron chi connectivity index (χ4n) is 5.09. The van der Waals surface area contributed by atoms with Gasteiger partial charge in [0.25, 0.3) is 5.56 Å². The molecule has 4 aromatic heterocycles. The molecule has 6 rings (SSSR count). The van der Waals surface area contributed by atoms with Crippen molar-refractivity contribution in [3.05, 3.63) is 35.7 Å². The van der Waals surface area contributed by atoms with E-state index in [-0.39, 0.29) is 37.6 Å². The number of hydrogen-bond donors (Lipinski definition) is 4. The summed E-state index contributed by atoms with van der Waals surface area (Å²) < 4.78 is 65.0. The van der Waals surface area contributed by atoms with Crippen molar-refractivity contribution in [2.24, 2.45) is 5.92 Å². The highest BCUT2D eigenvalue weighted by molar-refractivity contribution is 7.84. The number of hydrogen-bond acceptors (Lipinski definition) is 14. The first-order chi connectivity index (χ1) is 20.2. The van der Waals surface area contributed by atoms with Crippen LogP contribution in [-0.2, 0) is 39.6 Å². The van der Waals surface area contributed by atoms with Crippen LogP contribution >= 0.6 is 8.25 Å². The zero-order valence-corrected chi connectivity index (χ0v) is 23.4. The van der Waals surface area contributed by atoms with Crippen LogP contribution in [0.15, 0.2) is 30.1 Å². The topological polar surface area (TPSA) is 254 Å². The Labute approximate surface area is 237 Å². The third-order valence-electron chi connectivity index (χ3n) is 7.05. The zero-order valence-electron chi connectivity index (χ0n) is 21.7. The van der Waals surface area contributed by atoms with Crippen molar-refractivity contribution in [1.82, 2.24) is 43.8 Å². The fourth-order valence-corrected chi connectivity index (χ4v) is 6.40. The quantitative estimate of drug-likeness (QED) is 0.148. The Kier molecular flexibility index (Phi) is 7.94. The highest BCUT2D eigenvalue weighted by atomic mass is 32.2. The van der Waals surface area contributed by atoms with E-state index in [9.17, 15) is 17.8 Å². The molecule has 224 valence electrons. The van der Waals surface area contributed by atoms with Gasteiger partial charge >= 0.3 is 18.6 Å². The maximum Gasteiger partial charge on any atom is 0.694 e. The number of nitrogens with two attached hydrogens (primary N) is 1. The lowest BCUT2D eigenvalue weighted by molar-refractivity contribution is 0.00515. The molecule has 0 bridgehead atoms. The third kappa shape index (κ3) is 5.88. The molecule has 2 aliphatic rings. The zero-order chi connectivity index (χ0) is 29.4. The summed E-state index contributed by atoms with van der Waals surface area (Å²) in [6.07, 6.45) is 3.67. The van der Waals surface area contributed by atoms with Gasteiger partial charge in [0.15, 0.2) is 22.6 Å². The lowest BCUT2D eigenvalue weighted by Gasteiger charge is -2.22. The van der Waals surface area contributed by atoms with Gasteiger partial charge in [-0.05, 0) is 12.8 Å². The molecular weight excluding hydrogens is 599 g/mol. The van der Waals surface area contributed by atoms with Crippen LogP contribution in [0.4, 0.5) is 5.82 Å². The van der Waals surface area contributed by atoms with E-state index >= 15 is 0 Å². The van der Waals surface area contributed by atoms with E-state index in [0.29, 0.717) is 29.7 Å². The number of ether oxygens (including phenoxy) is 2. The van der Waals surface area contributed by atoms with Gasteiger partial charge in [-0.3, -0.25) is 13.5 Å². The number of aromatic nitrogens is 8. The molecule has 19 nitrogen and oxygen atoms in total. The van der Waals surface area contributed by atoms with Gasteiger partial charge in [0.05, 0.1) is 31.7 Å². The third-order valence-corrected chi connectivity index (χ3v) is 8.42. The highest BCUT2D eigenvalue weighted by Gasteiger charge is 2.43. The molecule has 2 unspecified atom stereocenters. The summed E-state index contributed by atoms with van der Waals surface area (Å²) in [5.41, 5.74) is 6.80. The predicted molar refractivity (Wildman–Crippen MR) is 142 cm³/mol. The van der Waals surface area contributed by atoms with Crippen LogP contribution in [-0.4, -0.2) is 90.4 Å². The smallest absolute Gasteiger partial charge is 0.382 e. The van der Waals surface area contributed by atoms with Gasteiger partial charge in [0.2, 0.25) is 0 Å². The first-order valence-electron chi connectivity index (χ1n) is 12.7. The Bertz CT molecular complexity index is 1780. The first kappa shape index (κ1) is 28.6. The number of anilines is 1. The van der Waals surface area contributed by atoms with Crippen molar-refractivity contribution in [1.29, 1.82) is 0 Å². The fraction of sp³-hybridized carbons (Fsp3) is 0.524. The van der Waals surface area contributed by atoms with Crippen molar-refractivity contribution >= 4 is 46.7 Å². The van der Waals surface area contributed by atoms with Gasteiger partial charge < -0.3 is 24.8 Å². The molecular formula is C21H26N10O9PS+. The summed E-state index contributed by atoms with van der Waals surface area (Å²) in [6.45, 7) is -0.288. The minimum absolute atomic E-state index is 0.0413. The molecule has 42 heavy (non-hydrogen) atoms. The number of aromatic amines is 1. The van der Waals surface area contributed by atoms with E-state index in [1.165, 1.54) is 19.0 Å². The van der Waals surface area contributed by atoms with E-state index in [0.717, 1.165) is 0 Å². The molecule has 21 heteroatoms. The van der Waals surface area contributed by atoms with Crippen molar-refractivity contribution in [3.63, 3.8) is 0 Å². The van der Waals surface area contributed by atoms with Gasteiger partial charge in [-0.2, -0.15) is 13.1 Å². The van der Waals surface area contributed by atoms with Crippen LogP contribution in [0.5, 0.6) is 0 Å². The lowest BCUT2D eigenvalue weighted by atomic mass is 10.0. The summed E-state index contributed by atoms with van der Waals surface area (Å²) in [5, 5.41) is 0. The van der Waals surface area contributed by atoms with E-state index in [4.69, 9.17) is 28.8 Å². The molecule has 0 aromatic carbocycles. The molecule has 6 atom stereocenters. The van der Waals surface area contributed by atoms with Crippen LogP contribution in [0.1, 0.15) is 19.1 Å². The van der Waals surface area contributed by atoms with Crippen LogP contribution in [0, 0.1) is 5.92 Å². The molecule has 2 aliphatic heterocycles. The van der Waals surface area contributed by atoms with E-state index in [1.54, 1.807) is 15.5 Å². The number of rotatable bonds is 11. The number of fused-ring (bicyclic) bond motifs is 2. The number of nitrogens with zero attached hydrogens (tertiary/aromatic N) is 7. The van der Waals surface area contributed by atoms with Crippen molar-refractivity contribution in [3.8, 4) is 0 Å². The standard InChI is InChI=1S/C21H25N10O9PS/c22-18-15-20(25-7-23-18)31(10-28-15)14-2-1-12(39-14)3-29-42(35,36)40-17-11(5-37-13(17)6-38-41(33)34)4-30-9-27-16-19(30)24-8-26-21(16)32/h7-14,17,29H,1-6H2,(H3-,22,23,24,25,26,32,33,34)/p+1/t11?,12-,13+,14+,17-/m0/s1. The van der Waals surface area contributed by atoms with Crippen molar-refractivity contribution in [2.75, 3.05) is 25.5 Å². The molecule has 0 aliphatic carbocycles. The number of imidazole rings is 2. The molecule has 2 saturated heterocycles. The number of H-pyrrole nitrogens is 1. The SMILES string of the molecule is Nc1ncnc2c1ncn2[C@H]1CC[C@@H](CNS(=O)(=O)O[C@H]2C(Cn3cnc4c(=O)[nH]cnc43)CO[C@@H]2CO[P+](=O)O)O1. The Morgan fingerprint density at radius 2 is 2.00 bits per heavy atom. The van der Waals surface area contributed by atoms with Gasteiger partial charge in [-0.1, -0.05) is 0 Å². The van der Waals surface area contributed by atoms with Crippen molar-refractivity contribution < 1.29 is 36.1 Å². The summed E-state index contributed by atoms with van der Waals surface area (Å²) in [4.78, 5) is 44.1. The Balaban J connectivity index is 1.12. The van der Waals surface area contributed by atoms with Crippen LogP contribution < -0.4 is 16.0 Å². The maximum absolute atomic E-state index is 13.0. The number of nitrogens with one attached hydrogen (secondary N) is 2. The highest BCUT2D eigenvalue weighted by Crippen LogP contribution is 2.32. The van der Waals surface area contributed by atoms with Crippen LogP contribution in [0.25, 0.3) is 22.3 Å². The second-order valence-electron chi connectivity index (χ2n) is 9.70. The largest absolute Gasteiger partial charge is 0.694 e. The Morgan fingerprint density at radius 3 is 2.83 bits per heavy atom. The second-order valence-corrected chi connectivity index (χ2v) is 11.8. The Morgan fingerprint density at radius 1 is 1.17 bits per heavy atom. The number of nitrogen functional groups attached to an aromatic ring is 1. The summed E-state index contributed by atoms with van der Waals surface area (Å²) in [5.74, 6) is -0.325. The van der Waals surface area contributed by atoms with Crippen LogP contribution in [0.2, 0.25) is 0 Å². The minimum Gasteiger partial charge on any atom is -0.382 e. The van der Waals surface area contributed by atoms with E-state index in [1.807, 2.05) is 0 Å². The second kappa shape index (κ2) is 11.7. The average Bonchev–Trinajstić information content (AvgIpc) is 3.74. The van der Waals surface area contributed by atoms with E-state index < -0.39 is 54.6 Å². The summed E-state index contributed by atoms with van der Waals surface area (Å²) in [6, 6.07) is 0. The van der Waals surface area contributed by atoms with Gasteiger partial charge in [0, 0.05) is 23.6 Å². The maximum atomic E-state index is 13.0.